The average molecular weight is 421 g/mol. The number of aliphatic hydroxyl groups excluding tert-OH is 1. The van der Waals surface area contributed by atoms with Crippen LogP contribution in [0.15, 0.2) is 67.1 Å². The summed E-state index contributed by atoms with van der Waals surface area (Å²) in [6.45, 7) is 4.29. The lowest BCUT2D eigenvalue weighted by atomic mass is 10.1. The summed E-state index contributed by atoms with van der Waals surface area (Å²) in [5, 5.41) is 10.4. The molecule has 0 radical (unpaired) electrons. The zero-order valence-electron chi connectivity index (χ0n) is 17.7. The maximum atomic E-state index is 10.4. The molecule has 1 unspecified atom stereocenters. The van der Waals surface area contributed by atoms with Crippen molar-refractivity contribution in [1.29, 1.82) is 0 Å². The number of rotatable bonds is 8. The fraction of sp³-hybridized carbons (Fsp3) is 0.333. The molecule has 0 aliphatic carbocycles. The molecule has 1 aliphatic rings. The van der Waals surface area contributed by atoms with Crippen LogP contribution in [0, 0.1) is 0 Å². The summed E-state index contributed by atoms with van der Waals surface area (Å²) in [7, 11) is 1.63. The standard InChI is InChI=1S/C24H28N4O3/c1-30-21-6-8-22(9-7-21)31-18-20(29)17-27-12-14-28(15-13-27)24-23(5-3-11-26-24)19-4-2-10-25-16-19/h2-11,16,20,29H,12-15,17-18H2,1H3. The number of hydrogen-bond donors (Lipinski definition) is 1. The Morgan fingerprint density at radius 3 is 2.42 bits per heavy atom. The number of benzene rings is 1. The Bertz CT molecular complexity index is 945. The molecule has 7 nitrogen and oxygen atoms in total. The van der Waals surface area contributed by atoms with Gasteiger partial charge in [-0.15, -0.1) is 0 Å². The molecule has 31 heavy (non-hydrogen) atoms. The van der Waals surface area contributed by atoms with Crippen molar-refractivity contribution in [3.63, 3.8) is 0 Å². The summed E-state index contributed by atoms with van der Waals surface area (Å²) in [6, 6.07) is 15.4. The highest BCUT2D eigenvalue weighted by Gasteiger charge is 2.22. The van der Waals surface area contributed by atoms with Crippen LogP contribution in [0.3, 0.4) is 0 Å². The Morgan fingerprint density at radius 1 is 0.968 bits per heavy atom. The third-order valence-electron chi connectivity index (χ3n) is 5.40. The van der Waals surface area contributed by atoms with E-state index in [0.717, 1.165) is 54.6 Å². The maximum Gasteiger partial charge on any atom is 0.136 e. The van der Waals surface area contributed by atoms with Gasteiger partial charge in [0, 0.05) is 62.4 Å². The van der Waals surface area contributed by atoms with Crippen molar-refractivity contribution in [1.82, 2.24) is 14.9 Å². The number of β-amino-alcohol motifs (C(OH)–C–C–N with tert-alkyl or cyclic N) is 1. The minimum absolute atomic E-state index is 0.262. The second-order valence-electron chi connectivity index (χ2n) is 7.54. The van der Waals surface area contributed by atoms with Crippen LogP contribution >= 0.6 is 0 Å². The first-order valence-corrected chi connectivity index (χ1v) is 10.5. The molecule has 2 aromatic heterocycles. The van der Waals surface area contributed by atoms with Gasteiger partial charge < -0.3 is 19.5 Å². The Labute approximate surface area is 182 Å². The van der Waals surface area contributed by atoms with Crippen LogP contribution in [0.5, 0.6) is 11.5 Å². The Morgan fingerprint density at radius 2 is 1.71 bits per heavy atom. The van der Waals surface area contributed by atoms with Crippen molar-refractivity contribution in [3.05, 3.63) is 67.1 Å². The van der Waals surface area contributed by atoms with E-state index in [4.69, 9.17) is 9.47 Å². The molecule has 7 heteroatoms. The van der Waals surface area contributed by atoms with E-state index in [2.05, 4.69) is 31.9 Å². The lowest BCUT2D eigenvalue weighted by Gasteiger charge is -2.37. The smallest absolute Gasteiger partial charge is 0.136 e. The number of pyridine rings is 2. The van der Waals surface area contributed by atoms with Crippen LogP contribution in [0.2, 0.25) is 0 Å². The van der Waals surface area contributed by atoms with E-state index in [1.807, 2.05) is 48.8 Å². The Balaban J connectivity index is 1.28. The van der Waals surface area contributed by atoms with Gasteiger partial charge in [-0.2, -0.15) is 0 Å². The van der Waals surface area contributed by atoms with Gasteiger partial charge in [0.2, 0.25) is 0 Å². The summed E-state index contributed by atoms with van der Waals surface area (Å²) >= 11 is 0. The fourth-order valence-electron chi connectivity index (χ4n) is 3.75. The molecule has 3 aromatic rings. The SMILES string of the molecule is COc1ccc(OCC(O)CN2CCN(c3ncccc3-c3cccnc3)CC2)cc1. The van der Waals surface area contributed by atoms with E-state index in [9.17, 15) is 5.11 Å². The molecule has 4 rings (SSSR count). The van der Waals surface area contributed by atoms with Gasteiger partial charge in [-0.05, 0) is 42.5 Å². The summed E-state index contributed by atoms with van der Waals surface area (Å²) in [6.07, 6.45) is 4.94. The Kier molecular flexibility index (Phi) is 6.96. The van der Waals surface area contributed by atoms with Gasteiger partial charge in [0.1, 0.15) is 30.0 Å². The first-order chi connectivity index (χ1) is 15.2. The summed E-state index contributed by atoms with van der Waals surface area (Å²) < 4.78 is 10.9. The van der Waals surface area contributed by atoms with Gasteiger partial charge >= 0.3 is 0 Å². The number of ether oxygens (including phenoxy) is 2. The molecule has 1 aromatic carbocycles. The molecule has 3 heterocycles. The quantitative estimate of drug-likeness (QED) is 0.601. The number of hydrogen-bond acceptors (Lipinski definition) is 7. The minimum atomic E-state index is -0.547. The van der Waals surface area contributed by atoms with Gasteiger partial charge in [-0.3, -0.25) is 9.88 Å². The zero-order chi connectivity index (χ0) is 21.5. The third kappa shape index (κ3) is 5.51. The number of piperazine rings is 1. The summed E-state index contributed by atoms with van der Waals surface area (Å²) in [4.78, 5) is 13.5. The van der Waals surface area contributed by atoms with Crippen molar-refractivity contribution in [2.75, 3.05) is 51.3 Å². The second-order valence-corrected chi connectivity index (χ2v) is 7.54. The summed E-state index contributed by atoms with van der Waals surface area (Å²) in [5.41, 5.74) is 2.16. The number of aliphatic hydroxyl groups is 1. The molecule has 1 atom stereocenters. The molecule has 1 saturated heterocycles. The van der Waals surface area contributed by atoms with Crippen molar-refractivity contribution >= 4 is 5.82 Å². The van der Waals surface area contributed by atoms with E-state index in [-0.39, 0.29) is 6.61 Å². The summed E-state index contributed by atoms with van der Waals surface area (Å²) in [5.74, 6) is 2.49. The van der Waals surface area contributed by atoms with Gasteiger partial charge in [-0.1, -0.05) is 6.07 Å². The predicted octanol–water partition coefficient (Wildman–Crippen LogP) is 2.71. The maximum absolute atomic E-state index is 10.4. The van der Waals surface area contributed by atoms with Crippen molar-refractivity contribution in [2.24, 2.45) is 0 Å². The minimum Gasteiger partial charge on any atom is -0.497 e. The van der Waals surface area contributed by atoms with Crippen LogP contribution < -0.4 is 14.4 Å². The lowest BCUT2D eigenvalue weighted by Crippen LogP contribution is -2.49. The van der Waals surface area contributed by atoms with E-state index < -0.39 is 6.10 Å². The molecule has 0 spiro atoms. The largest absolute Gasteiger partial charge is 0.497 e. The predicted molar refractivity (Wildman–Crippen MR) is 121 cm³/mol. The molecule has 1 fully saturated rings. The average Bonchev–Trinajstić information content (AvgIpc) is 2.84. The fourth-order valence-corrected chi connectivity index (χ4v) is 3.75. The van der Waals surface area contributed by atoms with Crippen LogP contribution in [-0.2, 0) is 0 Å². The van der Waals surface area contributed by atoms with E-state index in [0.29, 0.717) is 6.54 Å². The molecule has 0 saturated carbocycles. The zero-order valence-corrected chi connectivity index (χ0v) is 17.7. The van der Waals surface area contributed by atoms with Crippen LogP contribution in [-0.4, -0.2) is 72.5 Å². The highest BCUT2D eigenvalue weighted by Crippen LogP contribution is 2.28. The molecular formula is C24H28N4O3. The van der Waals surface area contributed by atoms with E-state index in [1.54, 1.807) is 13.3 Å². The number of methoxy groups -OCH3 is 1. The third-order valence-corrected chi connectivity index (χ3v) is 5.40. The first-order valence-electron chi connectivity index (χ1n) is 10.5. The molecule has 1 N–H and O–H groups in total. The van der Waals surface area contributed by atoms with E-state index in [1.165, 1.54) is 0 Å². The monoisotopic (exact) mass is 420 g/mol. The van der Waals surface area contributed by atoms with Gasteiger partial charge in [0.05, 0.1) is 7.11 Å². The van der Waals surface area contributed by atoms with Crippen molar-refractivity contribution in [2.45, 2.75) is 6.10 Å². The van der Waals surface area contributed by atoms with Crippen molar-refractivity contribution in [3.8, 4) is 22.6 Å². The Hall–Kier alpha value is -3.16. The second kappa shape index (κ2) is 10.2. The normalized spacial score (nSPS) is 15.5. The van der Waals surface area contributed by atoms with Crippen molar-refractivity contribution < 1.29 is 14.6 Å². The highest BCUT2D eigenvalue weighted by molar-refractivity contribution is 5.75. The molecule has 0 amide bonds. The number of nitrogens with zero attached hydrogens (tertiary/aromatic N) is 4. The van der Waals surface area contributed by atoms with Crippen LogP contribution in [0.1, 0.15) is 0 Å². The number of aromatic nitrogens is 2. The lowest BCUT2D eigenvalue weighted by molar-refractivity contribution is 0.0662. The molecular weight excluding hydrogens is 392 g/mol. The van der Waals surface area contributed by atoms with Gasteiger partial charge in [-0.25, -0.2) is 4.98 Å². The van der Waals surface area contributed by atoms with Crippen LogP contribution in [0.25, 0.3) is 11.1 Å². The molecule has 162 valence electrons. The van der Waals surface area contributed by atoms with Gasteiger partial charge in [0.25, 0.3) is 0 Å². The number of anilines is 1. The first kappa shape index (κ1) is 21.1. The molecule has 0 bridgehead atoms. The topological polar surface area (TPSA) is 71.0 Å². The van der Waals surface area contributed by atoms with Crippen LogP contribution in [0.4, 0.5) is 5.82 Å². The van der Waals surface area contributed by atoms with E-state index >= 15 is 0 Å². The molecule has 1 aliphatic heterocycles. The highest BCUT2D eigenvalue weighted by atomic mass is 16.5. The van der Waals surface area contributed by atoms with Gasteiger partial charge in [0.15, 0.2) is 0 Å².